The molecule has 3 rings (SSSR count). The molecular weight excluding hydrogens is 324 g/mol. The van der Waals surface area contributed by atoms with Gasteiger partial charge in [0.15, 0.2) is 5.82 Å². The second-order valence-corrected chi connectivity index (χ2v) is 6.66. The van der Waals surface area contributed by atoms with Crippen LogP contribution in [0, 0.1) is 6.92 Å². The molecule has 2 aromatic heterocycles. The molecule has 0 aliphatic carbocycles. The Hall–Kier alpha value is -1.25. The lowest BCUT2D eigenvalue weighted by Gasteiger charge is -2.20. The highest BCUT2D eigenvalue weighted by molar-refractivity contribution is 7.98. The topological polar surface area (TPSA) is 83.8 Å². The number of aryl methyl sites for hydroxylation is 2. The molecule has 0 amide bonds. The van der Waals surface area contributed by atoms with E-state index in [1.54, 1.807) is 9.36 Å². The normalized spacial score (nSPS) is 16.3. The van der Waals surface area contributed by atoms with Gasteiger partial charge in [-0.1, -0.05) is 23.4 Å². The van der Waals surface area contributed by atoms with Gasteiger partial charge in [0.25, 0.3) is 0 Å². The Labute approximate surface area is 138 Å². The minimum atomic E-state index is 0.323. The fraction of sp³-hybridized carbons (Fsp3) is 0.615. The highest BCUT2D eigenvalue weighted by Crippen LogP contribution is 2.30. The Balaban J connectivity index is 1.72. The minimum absolute atomic E-state index is 0.323. The molecule has 7 nitrogen and oxygen atoms in total. The molecule has 0 saturated carbocycles. The zero-order chi connectivity index (χ0) is 15.7. The van der Waals surface area contributed by atoms with Gasteiger partial charge in [0.2, 0.25) is 5.16 Å². The molecule has 9 heteroatoms. The Morgan fingerprint density at radius 1 is 1.36 bits per heavy atom. The summed E-state index contributed by atoms with van der Waals surface area (Å²) in [5.74, 6) is 7.98. The maximum atomic E-state index is 6.25. The van der Waals surface area contributed by atoms with Crippen molar-refractivity contribution >= 4 is 23.4 Å². The van der Waals surface area contributed by atoms with Gasteiger partial charge in [0.1, 0.15) is 5.15 Å². The lowest BCUT2D eigenvalue weighted by molar-refractivity contribution is 0.0830. The molecule has 0 radical (unpaired) electrons. The van der Waals surface area contributed by atoms with Gasteiger partial charge >= 0.3 is 0 Å². The average Bonchev–Trinajstić information content (AvgIpc) is 2.99. The third-order valence-electron chi connectivity index (χ3n) is 3.89. The molecular formula is C13H19ClN6OS. The smallest absolute Gasteiger partial charge is 0.210 e. The van der Waals surface area contributed by atoms with E-state index in [9.17, 15) is 0 Å². The Morgan fingerprint density at radius 3 is 2.73 bits per heavy atom. The van der Waals surface area contributed by atoms with E-state index in [4.69, 9.17) is 22.2 Å². The van der Waals surface area contributed by atoms with Gasteiger partial charge in [-0.2, -0.15) is 5.10 Å². The molecule has 1 aliphatic rings. The van der Waals surface area contributed by atoms with Gasteiger partial charge in [0, 0.05) is 37.5 Å². The number of nitrogen functional groups attached to an aromatic ring is 1. The van der Waals surface area contributed by atoms with E-state index < -0.39 is 0 Å². The third kappa shape index (κ3) is 2.95. The van der Waals surface area contributed by atoms with Gasteiger partial charge in [-0.3, -0.25) is 4.68 Å². The zero-order valence-corrected chi connectivity index (χ0v) is 14.2. The van der Waals surface area contributed by atoms with Crippen molar-refractivity contribution < 1.29 is 4.74 Å². The Morgan fingerprint density at radius 2 is 2.09 bits per heavy atom. The number of ether oxygens (including phenoxy) is 1. The fourth-order valence-corrected chi connectivity index (χ4v) is 3.87. The molecule has 0 atom stereocenters. The van der Waals surface area contributed by atoms with Crippen LogP contribution in [0.5, 0.6) is 0 Å². The average molecular weight is 343 g/mol. The molecule has 1 fully saturated rings. The Kier molecular flexibility index (Phi) is 4.60. The van der Waals surface area contributed by atoms with Crippen molar-refractivity contribution in [3.8, 4) is 0 Å². The van der Waals surface area contributed by atoms with Crippen LogP contribution < -0.4 is 5.84 Å². The number of nitrogens with two attached hydrogens (primary N) is 1. The summed E-state index contributed by atoms with van der Waals surface area (Å²) in [4.78, 5) is 0. The molecule has 0 unspecified atom stereocenters. The predicted octanol–water partition coefficient (Wildman–Crippen LogP) is 1.87. The molecule has 3 heterocycles. The predicted molar refractivity (Wildman–Crippen MR) is 85.5 cm³/mol. The van der Waals surface area contributed by atoms with Gasteiger partial charge in [-0.05, 0) is 19.8 Å². The van der Waals surface area contributed by atoms with E-state index in [-0.39, 0.29) is 0 Å². The highest BCUT2D eigenvalue weighted by atomic mass is 35.5. The van der Waals surface area contributed by atoms with Crippen LogP contribution in [0.25, 0.3) is 0 Å². The maximum Gasteiger partial charge on any atom is 0.210 e. The molecule has 2 N–H and O–H groups in total. The second-order valence-electron chi connectivity index (χ2n) is 5.36. The van der Waals surface area contributed by atoms with E-state index in [0.717, 1.165) is 43.1 Å². The maximum absolute atomic E-state index is 6.25. The largest absolute Gasteiger partial charge is 0.381 e. The van der Waals surface area contributed by atoms with Crippen LogP contribution in [0.15, 0.2) is 5.16 Å². The molecule has 0 bridgehead atoms. The van der Waals surface area contributed by atoms with Crippen molar-refractivity contribution in [1.82, 2.24) is 24.7 Å². The number of nitrogens with zero attached hydrogens (tertiary/aromatic N) is 5. The number of aromatic nitrogens is 5. The van der Waals surface area contributed by atoms with Crippen LogP contribution in [0.2, 0.25) is 5.15 Å². The van der Waals surface area contributed by atoms with Gasteiger partial charge in [0.05, 0.1) is 5.69 Å². The molecule has 22 heavy (non-hydrogen) atoms. The second kappa shape index (κ2) is 6.47. The third-order valence-corrected chi connectivity index (χ3v) is 5.34. The quantitative estimate of drug-likeness (QED) is 0.674. The summed E-state index contributed by atoms with van der Waals surface area (Å²) in [6, 6.07) is 0. The molecule has 2 aromatic rings. The Bertz CT molecular complexity index is 664. The number of rotatable bonds is 4. The van der Waals surface area contributed by atoms with Crippen LogP contribution in [0.4, 0.5) is 0 Å². The molecule has 120 valence electrons. The van der Waals surface area contributed by atoms with E-state index in [1.807, 2.05) is 14.0 Å². The highest BCUT2D eigenvalue weighted by Gasteiger charge is 2.23. The van der Waals surface area contributed by atoms with Crippen molar-refractivity contribution in [2.75, 3.05) is 19.1 Å². The van der Waals surface area contributed by atoms with Crippen LogP contribution in [-0.2, 0) is 17.5 Å². The zero-order valence-electron chi connectivity index (χ0n) is 12.6. The lowest BCUT2D eigenvalue weighted by Crippen LogP contribution is -2.22. The summed E-state index contributed by atoms with van der Waals surface area (Å²) >= 11 is 7.77. The monoisotopic (exact) mass is 342 g/mol. The first-order valence-electron chi connectivity index (χ1n) is 7.16. The number of thioether (sulfide) groups is 1. The summed E-state index contributed by atoms with van der Waals surface area (Å²) in [5, 5.41) is 14.1. The summed E-state index contributed by atoms with van der Waals surface area (Å²) in [6.07, 6.45) is 1.88. The SMILES string of the molecule is Cc1nn(C)c(Cl)c1CSc1nnc(C2CCOCC2)n1N. The number of halogens is 1. The molecule has 1 aliphatic heterocycles. The fourth-order valence-electron chi connectivity index (χ4n) is 2.60. The standard InChI is InChI=1S/C13H19ClN6OS/c1-8-10(11(14)19(2)18-8)7-22-13-17-16-12(20(13)15)9-3-5-21-6-4-9/h9H,3-7,15H2,1-2H3. The molecule has 0 spiro atoms. The van der Waals surface area contributed by atoms with E-state index in [1.165, 1.54) is 11.8 Å². The van der Waals surface area contributed by atoms with Gasteiger partial charge in [-0.25, -0.2) is 4.68 Å². The summed E-state index contributed by atoms with van der Waals surface area (Å²) in [5.41, 5.74) is 1.93. The van der Waals surface area contributed by atoms with Crippen LogP contribution in [0.1, 0.15) is 35.8 Å². The first-order valence-corrected chi connectivity index (χ1v) is 8.53. The van der Waals surface area contributed by atoms with Crippen molar-refractivity contribution in [1.29, 1.82) is 0 Å². The number of hydrogen-bond donors (Lipinski definition) is 1. The summed E-state index contributed by atoms with van der Waals surface area (Å²) < 4.78 is 8.65. The van der Waals surface area contributed by atoms with Crippen LogP contribution in [-0.4, -0.2) is 37.9 Å². The van der Waals surface area contributed by atoms with Crippen LogP contribution >= 0.6 is 23.4 Å². The number of hydrogen-bond acceptors (Lipinski definition) is 6. The van der Waals surface area contributed by atoms with Crippen molar-refractivity contribution in [3.63, 3.8) is 0 Å². The van der Waals surface area contributed by atoms with E-state index in [2.05, 4.69) is 15.3 Å². The molecule has 1 saturated heterocycles. The minimum Gasteiger partial charge on any atom is -0.381 e. The summed E-state index contributed by atoms with van der Waals surface area (Å²) in [6.45, 7) is 3.46. The first kappa shape index (κ1) is 15.6. The van der Waals surface area contributed by atoms with E-state index >= 15 is 0 Å². The van der Waals surface area contributed by atoms with Crippen molar-refractivity contribution in [2.24, 2.45) is 7.05 Å². The van der Waals surface area contributed by atoms with Crippen LogP contribution in [0.3, 0.4) is 0 Å². The first-order chi connectivity index (χ1) is 10.6. The van der Waals surface area contributed by atoms with Crippen molar-refractivity contribution in [2.45, 2.75) is 36.6 Å². The van der Waals surface area contributed by atoms with Gasteiger partial charge in [-0.15, -0.1) is 10.2 Å². The summed E-state index contributed by atoms with van der Waals surface area (Å²) in [7, 11) is 1.83. The van der Waals surface area contributed by atoms with Gasteiger partial charge < -0.3 is 10.6 Å². The van der Waals surface area contributed by atoms with E-state index in [0.29, 0.717) is 22.0 Å². The lowest BCUT2D eigenvalue weighted by atomic mass is 10.00. The van der Waals surface area contributed by atoms with Crippen molar-refractivity contribution in [3.05, 3.63) is 22.2 Å². The molecule has 0 aromatic carbocycles.